The molecule has 7 heteroatoms. The molecular formula is C26H31F3N2O2. The third kappa shape index (κ3) is 6.59. The number of hydrogen-bond donors (Lipinski definition) is 1. The molecule has 1 N–H and O–H groups in total. The molecule has 0 aromatic heterocycles. The average molecular weight is 461 g/mol. The molecule has 0 spiro atoms. The first-order valence-electron chi connectivity index (χ1n) is 11.4. The summed E-state index contributed by atoms with van der Waals surface area (Å²) in [6, 6.07) is 14.0. The van der Waals surface area contributed by atoms with Gasteiger partial charge in [0.2, 0.25) is 11.8 Å². The Morgan fingerprint density at radius 1 is 0.909 bits per heavy atom. The molecule has 0 heterocycles. The molecule has 0 bridgehead atoms. The molecule has 1 aliphatic carbocycles. The zero-order valence-electron chi connectivity index (χ0n) is 19.1. The molecule has 0 atom stereocenters. The molecule has 1 fully saturated rings. The van der Waals surface area contributed by atoms with Gasteiger partial charge in [-0.2, -0.15) is 13.2 Å². The molecule has 2 amide bonds. The average Bonchev–Trinajstić information content (AvgIpc) is 2.78. The van der Waals surface area contributed by atoms with E-state index in [1.54, 1.807) is 13.8 Å². The fourth-order valence-electron chi connectivity index (χ4n) is 4.18. The lowest BCUT2D eigenvalue weighted by Crippen LogP contribution is -2.58. The van der Waals surface area contributed by atoms with Gasteiger partial charge < -0.3 is 10.2 Å². The SMILES string of the molecule is CC(C)(C(=O)NC1CCCCC1)N(Cc1ccc(C(F)(F)F)cc1)C(=O)Cc1ccccc1. The molecule has 2 aromatic carbocycles. The first kappa shape index (κ1) is 24.8. The third-order valence-electron chi connectivity index (χ3n) is 6.29. The van der Waals surface area contributed by atoms with E-state index in [1.165, 1.54) is 17.0 Å². The lowest BCUT2D eigenvalue weighted by molar-refractivity contribution is -0.146. The van der Waals surface area contributed by atoms with Gasteiger partial charge in [0.05, 0.1) is 12.0 Å². The summed E-state index contributed by atoms with van der Waals surface area (Å²) in [6.45, 7) is 3.42. The summed E-state index contributed by atoms with van der Waals surface area (Å²) in [6.07, 6.45) is 0.784. The lowest BCUT2D eigenvalue weighted by Gasteiger charge is -2.39. The highest BCUT2D eigenvalue weighted by Gasteiger charge is 2.39. The molecule has 0 aliphatic heterocycles. The van der Waals surface area contributed by atoms with Crippen LogP contribution >= 0.6 is 0 Å². The molecule has 0 radical (unpaired) electrons. The summed E-state index contributed by atoms with van der Waals surface area (Å²) >= 11 is 0. The van der Waals surface area contributed by atoms with E-state index in [2.05, 4.69) is 5.32 Å². The molecule has 0 unspecified atom stereocenters. The smallest absolute Gasteiger partial charge is 0.351 e. The molecule has 2 aromatic rings. The maximum atomic E-state index is 13.4. The predicted octanol–water partition coefficient (Wildman–Crippen LogP) is 5.50. The van der Waals surface area contributed by atoms with Crippen molar-refractivity contribution in [3.05, 3.63) is 71.3 Å². The number of amides is 2. The van der Waals surface area contributed by atoms with Crippen LogP contribution in [0.25, 0.3) is 0 Å². The molecule has 1 saturated carbocycles. The molecule has 1 aliphatic rings. The Labute approximate surface area is 193 Å². The zero-order chi connectivity index (χ0) is 24.1. The zero-order valence-corrected chi connectivity index (χ0v) is 19.1. The minimum Gasteiger partial charge on any atom is -0.351 e. The van der Waals surface area contributed by atoms with Crippen molar-refractivity contribution in [1.82, 2.24) is 10.2 Å². The molecule has 0 saturated heterocycles. The van der Waals surface area contributed by atoms with Crippen LogP contribution in [0.5, 0.6) is 0 Å². The van der Waals surface area contributed by atoms with Crippen LogP contribution in [0, 0.1) is 0 Å². The van der Waals surface area contributed by atoms with Crippen molar-refractivity contribution in [2.24, 2.45) is 0 Å². The molecular weight excluding hydrogens is 429 g/mol. The first-order valence-corrected chi connectivity index (χ1v) is 11.4. The summed E-state index contributed by atoms with van der Waals surface area (Å²) in [7, 11) is 0. The predicted molar refractivity (Wildman–Crippen MR) is 121 cm³/mol. The Morgan fingerprint density at radius 3 is 2.09 bits per heavy atom. The van der Waals surface area contributed by atoms with Crippen LogP contribution in [0.1, 0.15) is 62.6 Å². The Morgan fingerprint density at radius 2 is 1.52 bits per heavy atom. The number of halogens is 3. The van der Waals surface area contributed by atoms with Crippen LogP contribution in [0.15, 0.2) is 54.6 Å². The Hall–Kier alpha value is -2.83. The van der Waals surface area contributed by atoms with E-state index in [9.17, 15) is 22.8 Å². The van der Waals surface area contributed by atoms with E-state index in [0.717, 1.165) is 49.8 Å². The lowest BCUT2D eigenvalue weighted by atomic mass is 9.93. The van der Waals surface area contributed by atoms with Gasteiger partial charge in [-0.05, 0) is 49.9 Å². The topological polar surface area (TPSA) is 49.4 Å². The van der Waals surface area contributed by atoms with Gasteiger partial charge in [-0.25, -0.2) is 0 Å². The van der Waals surface area contributed by atoms with Crippen molar-refractivity contribution < 1.29 is 22.8 Å². The Bertz CT molecular complexity index is 934. The van der Waals surface area contributed by atoms with Gasteiger partial charge in [-0.3, -0.25) is 9.59 Å². The normalized spacial score (nSPS) is 15.2. The second kappa shape index (κ2) is 10.4. The first-order chi connectivity index (χ1) is 15.6. The van der Waals surface area contributed by atoms with Crippen molar-refractivity contribution in [3.63, 3.8) is 0 Å². The highest BCUT2D eigenvalue weighted by atomic mass is 19.4. The van der Waals surface area contributed by atoms with E-state index < -0.39 is 17.3 Å². The van der Waals surface area contributed by atoms with Crippen molar-refractivity contribution in [1.29, 1.82) is 0 Å². The number of hydrogen-bond acceptors (Lipinski definition) is 2. The third-order valence-corrected chi connectivity index (χ3v) is 6.29. The highest BCUT2D eigenvalue weighted by Crippen LogP contribution is 2.30. The van der Waals surface area contributed by atoms with Crippen LogP contribution in [-0.4, -0.2) is 28.3 Å². The number of benzene rings is 2. The van der Waals surface area contributed by atoms with Crippen LogP contribution in [0.2, 0.25) is 0 Å². The van der Waals surface area contributed by atoms with Crippen LogP contribution in [-0.2, 0) is 28.7 Å². The Balaban J connectivity index is 1.83. The van der Waals surface area contributed by atoms with Crippen molar-refractivity contribution >= 4 is 11.8 Å². The monoisotopic (exact) mass is 460 g/mol. The van der Waals surface area contributed by atoms with Gasteiger partial charge in [-0.15, -0.1) is 0 Å². The van der Waals surface area contributed by atoms with Crippen LogP contribution in [0.4, 0.5) is 13.2 Å². The largest absolute Gasteiger partial charge is 0.416 e. The van der Waals surface area contributed by atoms with E-state index >= 15 is 0 Å². The van der Waals surface area contributed by atoms with Gasteiger partial charge in [0.25, 0.3) is 0 Å². The minimum atomic E-state index is -4.43. The van der Waals surface area contributed by atoms with E-state index in [4.69, 9.17) is 0 Å². The summed E-state index contributed by atoms with van der Waals surface area (Å²) < 4.78 is 38.9. The van der Waals surface area contributed by atoms with Gasteiger partial charge in [0.15, 0.2) is 0 Å². The number of rotatable bonds is 7. The van der Waals surface area contributed by atoms with Crippen LogP contribution < -0.4 is 5.32 Å². The van der Waals surface area contributed by atoms with E-state index in [0.29, 0.717) is 5.56 Å². The van der Waals surface area contributed by atoms with Gasteiger partial charge in [0.1, 0.15) is 5.54 Å². The van der Waals surface area contributed by atoms with Gasteiger partial charge >= 0.3 is 6.18 Å². The Kier molecular flexibility index (Phi) is 7.82. The fraction of sp³-hybridized carbons (Fsp3) is 0.462. The fourth-order valence-corrected chi connectivity index (χ4v) is 4.18. The summed E-state index contributed by atoms with van der Waals surface area (Å²) in [5.74, 6) is -0.507. The van der Waals surface area contributed by atoms with E-state index in [-0.39, 0.29) is 30.8 Å². The van der Waals surface area contributed by atoms with Gasteiger partial charge in [-0.1, -0.05) is 61.7 Å². The van der Waals surface area contributed by atoms with Crippen molar-refractivity contribution in [3.8, 4) is 0 Å². The van der Waals surface area contributed by atoms with Crippen molar-refractivity contribution in [2.75, 3.05) is 0 Å². The molecule has 33 heavy (non-hydrogen) atoms. The van der Waals surface area contributed by atoms with Gasteiger partial charge in [0, 0.05) is 12.6 Å². The minimum absolute atomic E-state index is 0.0366. The molecule has 4 nitrogen and oxygen atoms in total. The summed E-state index contributed by atoms with van der Waals surface area (Å²) in [5, 5.41) is 3.09. The number of alkyl halides is 3. The number of nitrogens with zero attached hydrogens (tertiary/aromatic N) is 1. The highest BCUT2D eigenvalue weighted by molar-refractivity contribution is 5.91. The standard InChI is InChI=1S/C26H31F3N2O2/c1-25(2,24(33)30-22-11-7-4-8-12-22)31(23(32)17-19-9-5-3-6-10-19)18-20-13-15-21(16-14-20)26(27,28)29/h3,5-6,9-10,13-16,22H,4,7-8,11-12,17-18H2,1-2H3,(H,30,33). The molecule has 178 valence electrons. The quantitative estimate of drug-likeness (QED) is 0.593. The second-order valence-electron chi connectivity index (χ2n) is 9.20. The molecule has 3 rings (SSSR count). The summed E-state index contributed by atoms with van der Waals surface area (Å²) in [4.78, 5) is 28.1. The van der Waals surface area contributed by atoms with Crippen molar-refractivity contribution in [2.45, 2.75) is 76.7 Å². The second-order valence-corrected chi connectivity index (χ2v) is 9.20. The number of carbonyl (C=O) groups excluding carboxylic acids is 2. The van der Waals surface area contributed by atoms with Crippen LogP contribution in [0.3, 0.4) is 0 Å². The number of nitrogens with one attached hydrogen (secondary N) is 1. The maximum absolute atomic E-state index is 13.4. The number of carbonyl (C=O) groups is 2. The van der Waals surface area contributed by atoms with E-state index in [1.807, 2.05) is 30.3 Å². The summed E-state index contributed by atoms with van der Waals surface area (Å²) in [5.41, 5.74) is -0.583. The maximum Gasteiger partial charge on any atom is 0.416 e.